The van der Waals surface area contributed by atoms with Crippen LogP contribution < -0.4 is 10.2 Å². The zero-order valence-corrected chi connectivity index (χ0v) is 16.7. The summed E-state index contributed by atoms with van der Waals surface area (Å²) in [5, 5.41) is 3.33. The highest BCUT2D eigenvalue weighted by atomic mass is 32.2. The fourth-order valence-electron chi connectivity index (χ4n) is 3.05. The van der Waals surface area contributed by atoms with E-state index in [0.717, 1.165) is 36.3 Å². The Morgan fingerprint density at radius 2 is 2.07 bits per heavy atom. The molecular formula is C20H23F2N3O2S. The summed E-state index contributed by atoms with van der Waals surface area (Å²) in [5.74, 6) is -0.634. The van der Waals surface area contributed by atoms with Crippen molar-refractivity contribution in [2.24, 2.45) is 0 Å². The third-order valence-corrected chi connectivity index (χ3v) is 5.34. The molecule has 2 heterocycles. The second kappa shape index (κ2) is 9.34. The second-order valence-corrected chi connectivity index (χ2v) is 7.66. The lowest BCUT2D eigenvalue weighted by Gasteiger charge is -2.28. The van der Waals surface area contributed by atoms with Crippen molar-refractivity contribution in [3.05, 3.63) is 52.6 Å². The molecule has 1 aromatic carbocycles. The molecule has 0 bridgehead atoms. The lowest BCUT2D eigenvalue weighted by atomic mass is 10.1. The highest BCUT2D eigenvalue weighted by Crippen LogP contribution is 2.28. The van der Waals surface area contributed by atoms with E-state index in [1.165, 1.54) is 23.9 Å². The van der Waals surface area contributed by atoms with E-state index in [1.54, 1.807) is 0 Å². The molecule has 1 saturated heterocycles. The number of nitrogens with one attached hydrogen (secondary N) is 1. The molecule has 0 spiro atoms. The molecule has 1 aliphatic rings. The Hall–Kier alpha value is -2.19. The Balaban J connectivity index is 1.82. The molecule has 3 rings (SSSR count). The van der Waals surface area contributed by atoms with E-state index in [4.69, 9.17) is 9.72 Å². The maximum Gasteiger partial charge on any atom is 0.254 e. The fraction of sp³-hybridized carbons (Fsp3) is 0.400. The summed E-state index contributed by atoms with van der Waals surface area (Å²) in [6.45, 7) is 6.58. The molecule has 28 heavy (non-hydrogen) atoms. The normalized spacial score (nSPS) is 14.2. The Morgan fingerprint density at radius 3 is 2.79 bits per heavy atom. The summed E-state index contributed by atoms with van der Waals surface area (Å²) in [6, 6.07) is 5.81. The number of morpholine rings is 1. The quantitative estimate of drug-likeness (QED) is 0.743. The summed E-state index contributed by atoms with van der Waals surface area (Å²) in [6.07, 6.45) is 0. The van der Waals surface area contributed by atoms with Crippen molar-refractivity contribution in [1.29, 1.82) is 0 Å². The number of amides is 1. The molecule has 0 saturated carbocycles. The van der Waals surface area contributed by atoms with Gasteiger partial charge in [0.2, 0.25) is 0 Å². The fourth-order valence-corrected chi connectivity index (χ4v) is 3.88. The molecule has 1 aromatic heterocycles. The molecule has 2 aromatic rings. The second-order valence-electron chi connectivity index (χ2n) is 6.41. The van der Waals surface area contributed by atoms with E-state index >= 15 is 0 Å². The van der Waals surface area contributed by atoms with Crippen LogP contribution in [-0.2, 0) is 11.3 Å². The van der Waals surface area contributed by atoms with Gasteiger partial charge in [-0.2, -0.15) is 0 Å². The molecule has 0 aliphatic carbocycles. The summed E-state index contributed by atoms with van der Waals surface area (Å²) in [5.41, 5.74) is 1.37. The van der Waals surface area contributed by atoms with Gasteiger partial charge in [-0.3, -0.25) is 4.79 Å². The van der Waals surface area contributed by atoms with Crippen LogP contribution in [0.5, 0.6) is 0 Å². The highest BCUT2D eigenvalue weighted by molar-refractivity contribution is 7.99. The number of rotatable bonds is 6. The summed E-state index contributed by atoms with van der Waals surface area (Å²) in [4.78, 5) is 19.6. The van der Waals surface area contributed by atoms with E-state index < -0.39 is 11.6 Å². The monoisotopic (exact) mass is 407 g/mol. The predicted octanol–water partition coefficient (Wildman–Crippen LogP) is 3.55. The first-order chi connectivity index (χ1) is 13.5. The van der Waals surface area contributed by atoms with Gasteiger partial charge in [0, 0.05) is 25.2 Å². The van der Waals surface area contributed by atoms with E-state index in [1.807, 2.05) is 19.9 Å². The zero-order valence-electron chi connectivity index (χ0n) is 15.9. The predicted molar refractivity (Wildman–Crippen MR) is 106 cm³/mol. The molecule has 0 atom stereocenters. The first-order valence-electron chi connectivity index (χ1n) is 9.19. The molecule has 150 valence electrons. The van der Waals surface area contributed by atoms with Gasteiger partial charge in [0.15, 0.2) is 11.6 Å². The summed E-state index contributed by atoms with van der Waals surface area (Å²) < 4.78 is 32.6. The van der Waals surface area contributed by atoms with Crippen LogP contribution in [0.2, 0.25) is 0 Å². The third kappa shape index (κ3) is 4.62. The number of hydrogen-bond donors (Lipinski definition) is 1. The van der Waals surface area contributed by atoms with Crippen LogP contribution in [0.4, 0.5) is 14.6 Å². The number of anilines is 1. The molecule has 0 radical (unpaired) electrons. The van der Waals surface area contributed by atoms with Crippen LogP contribution in [0.15, 0.2) is 29.3 Å². The van der Waals surface area contributed by atoms with Gasteiger partial charge >= 0.3 is 0 Å². The van der Waals surface area contributed by atoms with Gasteiger partial charge in [0.1, 0.15) is 10.8 Å². The first kappa shape index (κ1) is 20.5. The number of pyridine rings is 1. The Morgan fingerprint density at radius 1 is 1.32 bits per heavy atom. The van der Waals surface area contributed by atoms with Gasteiger partial charge in [0.05, 0.1) is 18.8 Å². The number of ether oxygens (including phenoxy) is 1. The first-order valence-corrected chi connectivity index (χ1v) is 10.2. The number of aromatic nitrogens is 1. The van der Waals surface area contributed by atoms with Crippen molar-refractivity contribution in [2.45, 2.75) is 25.4 Å². The number of carbonyl (C=O) groups excluding carboxylic acids is 1. The lowest BCUT2D eigenvalue weighted by Crippen LogP contribution is -2.37. The third-order valence-electron chi connectivity index (χ3n) is 4.48. The Bertz CT molecular complexity index is 858. The van der Waals surface area contributed by atoms with Crippen LogP contribution >= 0.6 is 11.8 Å². The smallest absolute Gasteiger partial charge is 0.254 e. The van der Waals surface area contributed by atoms with Crippen molar-refractivity contribution in [3.63, 3.8) is 0 Å². The van der Waals surface area contributed by atoms with Crippen molar-refractivity contribution in [2.75, 3.05) is 37.0 Å². The van der Waals surface area contributed by atoms with Gasteiger partial charge in [-0.25, -0.2) is 13.8 Å². The van der Waals surface area contributed by atoms with E-state index in [0.29, 0.717) is 23.8 Å². The average Bonchev–Trinajstić information content (AvgIpc) is 2.69. The molecule has 5 nitrogen and oxygen atoms in total. The van der Waals surface area contributed by atoms with Gasteiger partial charge in [-0.05, 0) is 30.4 Å². The molecule has 1 fully saturated rings. The summed E-state index contributed by atoms with van der Waals surface area (Å²) >= 11 is 1.49. The van der Waals surface area contributed by atoms with E-state index in [9.17, 15) is 13.6 Å². The zero-order chi connectivity index (χ0) is 20.1. The van der Waals surface area contributed by atoms with E-state index in [2.05, 4.69) is 10.2 Å². The molecule has 8 heteroatoms. The number of benzene rings is 1. The van der Waals surface area contributed by atoms with Gasteiger partial charge in [-0.15, -0.1) is 11.8 Å². The molecule has 0 unspecified atom stereocenters. The maximum absolute atomic E-state index is 13.8. The molecule has 1 aliphatic heterocycles. The minimum absolute atomic E-state index is 0.0939. The minimum atomic E-state index is -0.941. The lowest BCUT2D eigenvalue weighted by molar-refractivity contribution is 0.0946. The number of carbonyl (C=O) groups is 1. The molecule has 1 amide bonds. The average molecular weight is 407 g/mol. The Labute approximate surface area is 167 Å². The maximum atomic E-state index is 13.8. The number of hydrogen-bond acceptors (Lipinski definition) is 5. The minimum Gasteiger partial charge on any atom is -0.378 e. The van der Waals surface area contributed by atoms with Crippen LogP contribution in [0.1, 0.15) is 28.4 Å². The largest absolute Gasteiger partial charge is 0.378 e. The van der Waals surface area contributed by atoms with Crippen molar-refractivity contribution in [1.82, 2.24) is 10.3 Å². The topological polar surface area (TPSA) is 54.5 Å². The van der Waals surface area contributed by atoms with Crippen LogP contribution in [0, 0.1) is 18.6 Å². The van der Waals surface area contributed by atoms with Crippen molar-refractivity contribution >= 4 is 23.5 Å². The number of thioether (sulfide) groups is 1. The van der Waals surface area contributed by atoms with Gasteiger partial charge in [-0.1, -0.05) is 19.1 Å². The Kier molecular flexibility index (Phi) is 6.85. The van der Waals surface area contributed by atoms with Gasteiger partial charge in [0.25, 0.3) is 5.91 Å². The van der Waals surface area contributed by atoms with E-state index in [-0.39, 0.29) is 18.0 Å². The number of halogens is 2. The standard InChI is InChI=1S/C20H23F2N3O2S/c1-3-28-20-17(13(2)11-16(24-20)25-7-9-27-10-8-25)19(26)23-12-14-5-4-6-15(21)18(14)22/h4-6,11H,3,7-10,12H2,1-2H3,(H,23,26). The summed E-state index contributed by atoms with van der Waals surface area (Å²) in [7, 11) is 0. The number of nitrogens with zero attached hydrogens (tertiary/aromatic N) is 2. The van der Waals surface area contributed by atoms with Crippen LogP contribution in [0.3, 0.4) is 0 Å². The van der Waals surface area contributed by atoms with Gasteiger partial charge < -0.3 is 15.0 Å². The molecular weight excluding hydrogens is 384 g/mol. The number of aryl methyl sites for hydroxylation is 1. The van der Waals surface area contributed by atoms with Crippen molar-refractivity contribution < 1.29 is 18.3 Å². The van der Waals surface area contributed by atoms with Crippen LogP contribution in [-0.4, -0.2) is 42.9 Å². The highest BCUT2D eigenvalue weighted by Gasteiger charge is 2.21. The van der Waals surface area contributed by atoms with Crippen molar-refractivity contribution in [3.8, 4) is 0 Å². The van der Waals surface area contributed by atoms with Crippen LogP contribution in [0.25, 0.3) is 0 Å². The molecule has 1 N–H and O–H groups in total. The SMILES string of the molecule is CCSc1nc(N2CCOCC2)cc(C)c1C(=O)NCc1cccc(F)c1F.